The van der Waals surface area contributed by atoms with Gasteiger partial charge in [-0.2, -0.15) is 0 Å². The predicted molar refractivity (Wildman–Crippen MR) is 83.9 cm³/mol. The van der Waals surface area contributed by atoms with Gasteiger partial charge in [-0.15, -0.1) is 0 Å². The highest BCUT2D eigenvalue weighted by molar-refractivity contribution is 5.73. The third-order valence-corrected chi connectivity index (χ3v) is 2.83. The zero-order valence-electron chi connectivity index (χ0n) is 13.1. The average molecular weight is 278 g/mol. The minimum atomic E-state index is -0.437. The molecule has 0 saturated carbocycles. The van der Waals surface area contributed by atoms with Crippen LogP contribution in [0.25, 0.3) is 0 Å². The highest BCUT2D eigenvalue weighted by Crippen LogP contribution is 2.28. The molecule has 3 N–H and O–H groups in total. The molecule has 0 unspecified atom stereocenters. The van der Waals surface area contributed by atoms with Crippen LogP contribution in [0.1, 0.15) is 52.5 Å². The normalized spacial score (nSPS) is 11.5. The molecule has 4 nitrogen and oxygen atoms in total. The van der Waals surface area contributed by atoms with Crippen molar-refractivity contribution in [3.63, 3.8) is 0 Å². The maximum Gasteiger partial charge on any atom is 0.308 e. The lowest BCUT2D eigenvalue weighted by Crippen LogP contribution is -2.25. The van der Waals surface area contributed by atoms with Gasteiger partial charge in [0.2, 0.25) is 0 Å². The van der Waals surface area contributed by atoms with Gasteiger partial charge in [-0.05, 0) is 38.3 Å². The van der Waals surface area contributed by atoms with Crippen LogP contribution in [-0.4, -0.2) is 18.1 Å². The number of nitrogen functional groups attached to an aromatic ring is 1. The fourth-order valence-electron chi connectivity index (χ4n) is 1.93. The molecule has 20 heavy (non-hydrogen) atoms. The molecule has 112 valence electrons. The summed E-state index contributed by atoms with van der Waals surface area (Å²) in [6.45, 7) is 10.3. The molecule has 0 saturated heterocycles. The summed E-state index contributed by atoms with van der Waals surface area (Å²) in [5.41, 5.74) is 8.44. The first-order valence-corrected chi connectivity index (χ1v) is 7.05. The van der Waals surface area contributed by atoms with E-state index in [9.17, 15) is 4.79 Å². The Bertz CT molecular complexity index is 462. The van der Waals surface area contributed by atoms with E-state index in [0.717, 1.165) is 16.9 Å². The van der Waals surface area contributed by atoms with Gasteiger partial charge in [-0.3, -0.25) is 4.79 Å². The molecule has 0 heterocycles. The van der Waals surface area contributed by atoms with Gasteiger partial charge in [0.1, 0.15) is 5.60 Å². The zero-order valence-corrected chi connectivity index (χ0v) is 13.1. The minimum Gasteiger partial charge on any atom is -0.460 e. The predicted octanol–water partition coefficient (Wildman–Crippen LogP) is 3.54. The standard InChI is InChI=1S/C16H26N2O2/c1-11(2)12-7-6-8-13(15(12)17)18-10-9-14(19)20-16(3,4)5/h6-8,11,18H,9-10,17H2,1-5H3. The lowest BCUT2D eigenvalue weighted by Gasteiger charge is -2.20. The fourth-order valence-corrected chi connectivity index (χ4v) is 1.93. The molecular weight excluding hydrogens is 252 g/mol. The van der Waals surface area contributed by atoms with Crippen molar-refractivity contribution in [1.82, 2.24) is 0 Å². The molecule has 0 radical (unpaired) electrons. The summed E-state index contributed by atoms with van der Waals surface area (Å²) in [4.78, 5) is 11.6. The van der Waals surface area contributed by atoms with Gasteiger partial charge in [0.05, 0.1) is 17.8 Å². The summed E-state index contributed by atoms with van der Waals surface area (Å²) in [6.07, 6.45) is 0.322. The summed E-state index contributed by atoms with van der Waals surface area (Å²) >= 11 is 0. The van der Waals surface area contributed by atoms with Gasteiger partial charge in [0.25, 0.3) is 0 Å². The largest absolute Gasteiger partial charge is 0.460 e. The molecule has 0 aromatic heterocycles. The van der Waals surface area contributed by atoms with Crippen LogP contribution in [0.15, 0.2) is 18.2 Å². The monoisotopic (exact) mass is 278 g/mol. The minimum absolute atomic E-state index is 0.205. The van der Waals surface area contributed by atoms with Crippen molar-refractivity contribution in [3.05, 3.63) is 23.8 Å². The van der Waals surface area contributed by atoms with Crippen molar-refractivity contribution in [2.75, 3.05) is 17.6 Å². The number of hydrogen-bond acceptors (Lipinski definition) is 4. The van der Waals surface area contributed by atoms with Crippen molar-refractivity contribution >= 4 is 17.3 Å². The van der Waals surface area contributed by atoms with Crippen molar-refractivity contribution in [2.24, 2.45) is 0 Å². The first-order valence-electron chi connectivity index (χ1n) is 7.05. The van der Waals surface area contributed by atoms with Crippen LogP contribution in [0.2, 0.25) is 0 Å². The molecule has 0 fully saturated rings. The molecule has 0 aliphatic heterocycles. The van der Waals surface area contributed by atoms with Crippen molar-refractivity contribution in [1.29, 1.82) is 0 Å². The van der Waals surface area contributed by atoms with Crippen LogP contribution in [0.3, 0.4) is 0 Å². The summed E-state index contributed by atoms with van der Waals surface area (Å²) in [6, 6.07) is 5.93. The molecule has 0 bridgehead atoms. The van der Waals surface area contributed by atoms with E-state index in [1.807, 2.05) is 39.0 Å². The zero-order chi connectivity index (χ0) is 15.3. The van der Waals surface area contributed by atoms with E-state index in [2.05, 4.69) is 19.2 Å². The van der Waals surface area contributed by atoms with E-state index < -0.39 is 5.60 Å². The number of esters is 1. The number of benzene rings is 1. The van der Waals surface area contributed by atoms with Crippen molar-refractivity contribution < 1.29 is 9.53 Å². The van der Waals surface area contributed by atoms with Gasteiger partial charge < -0.3 is 15.8 Å². The van der Waals surface area contributed by atoms with E-state index in [0.29, 0.717) is 18.9 Å². The number of carbonyl (C=O) groups is 1. The third-order valence-electron chi connectivity index (χ3n) is 2.83. The van der Waals surface area contributed by atoms with Gasteiger partial charge in [-0.1, -0.05) is 26.0 Å². The van der Waals surface area contributed by atoms with E-state index in [1.54, 1.807) is 0 Å². The lowest BCUT2D eigenvalue weighted by molar-refractivity contribution is -0.154. The molecular formula is C16H26N2O2. The number of anilines is 2. The lowest BCUT2D eigenvalue weighted by atomic mass is 10.0. The van der Waals surface area contributed by atoms with Crippen LogP contribution in [-0.2, 0) is 9.53 Å². The molecule has 1 aromatic rings. The highest BCUT2D eigenvalue weighted by atomic mass is 16.6. The van der Waals surface area contributed by atoms with Gasteiger partial charge >= 0.3 is 5.97 Å². The molecule has 1 aromatic carbocycles. The number of rotatable bonds is 5. The second-order valence-corrected chi connectivity index (χ2v) is 6.23. The van der Waals surface area contributed by atoms with Crippen molar-refractivity contribution in [3.8, 4) is 0 Å². The number of nitrogens with one attached hydrogen (secondary N) is 1. The van der Waals surface area contributed by atoms with E-state index >= 15 is 0 Å². The SMILES string of the molecule is CC(C)c1cccc(NCCC(=O)OC(C)(C)C)c1N. The van der Waals surface area contributed by atoms with Gasteiger partial charge in [-0.25, -0.2) is 0 Å². The number of para-hydroxylation sites is 1. The van der Waals surface area contributed by atoms with Crippen LogP contribution in [0.5, 0.6) is 0 Å². The van der Waals surface area contributed by atoms with Crippen LogP contribution in [0, 0.1) is 0 Å². The summed E-state index contributed by atoms with van der Waals surface area (Å²) in [5.74, 6) is 0.172. The summed E-state index contributed by atoms with van der Waals surface area (Å²) in [5, 5.41) is 3.20. The number of hydrogen-bond donors (Lipinski definition) is 2. The topological polar surface area (TPSA) is 64.3 Å². The highest BCUT2D eigenvalue weighted by Gasteiger charge is 2.16. The third kappa shape index (κ3) is 5.11. The molecule has 1 rings (SSSR count). The Morgan fingerprint density at radius 3 is 2.55 bits per heavy atom. The van der Waals surface area contributed by atoms with E-state index in [1.165, 1.54) is 0 Å². The first-order chi connectivity index (χ1) is 9.20. The Balaban J connectivity index is 2.55. The Hall–Kier alpha value is -1.71. The Morgan fingerprint density at radius 1 is 1.35 bits per heavy atom. The average Bonchev–Trinajstić information content (AvgIpc) is 2.28. The second kappa shape index (κ2) is 6.64. The first kappa shape index (κ1) is 16.3. The Labute approximate surface area is 121 Å². The quantitative estimate of drug-likeness (QED) is 0.638. The number of carbonyl (C=O) groups excluding carboxylic acids is 1. The maximum absolute atomic E-state index is 11.6. The van der Waals surface area contributed by atoms with Crippen LogP contribution in [0.4, 0.5) is 11.4 Å². The molecule has 0 atom stereocenters. The van der Waals surface area contributed by atoms with Crippen molar-refractivity contribution in [2.45, 2.75) is 52.6 Å². The Kier molecular flexibility index (Phi) is 5.43. The molecule has 4 heteroatoms. The molecule has 0 aliphatic rings. The maximum atomic E-state index is 11.6. The van der Waals surface area contributed by atoms with Gasteiger partial charge in [0.15, 0.2) is 0 Å². The van der Waals surface area contributed by atoms with E-state index in [4.69, 9.17) is 10.5 Å². The Morgan fingerprint density at radius 2 is 2.00 bits per heavy atom. The van der Waals surface area contributed by atoms with E-state index in [-0.39, 0.29) is 5.97 Å². The van der Waals surface area contributed by atoms with Gasteiger partial charge in [0, 0.05) is 6.54 Å². The smallest absolute Gasteiger partial charge is 0.308 e. The fraction of sp³-hybridized carbons (Fsp3) is 0.562. The van der Waals surface area contributed by atoms with Crippen LogP contribution < -0.4 is 11.1 Å². The summed E-state index contributed by atoms with van der Waals surface area (Å²) in [7, 11) is 0. The molecule has 0 spiro atoms. The number of nitrogens with two attached hydrogens (primary N) is 1. The van der Waals surface area contributed by atoms with Crippen LogP contribution >= 0.6 is 0 Å². The second-order valence-electron chi connectivity index (χ2n) is 6.23. The molecule has 0 amide bonds. The number of ether oxygens (including phenoxy) is 1. The summed E-state index contributed by atoms with van der Waals surface area (Å²) < 4.78 is 5.26. The molecule has 0 aliphatic carbocycles.